The van der Waals surface area contributed by atoms with E-state index in [-0.39, 0.29) is 12.5 Å². The number of nitrogens with one attached hydrogen (secondary N) is 1. The number of benzene rings is 1. The first kappa shape index (κ1) is 15.5. The predicted molar refractivity (Wildman–Crippen MR) is 80.3 cm³/mol. The molecular formula is C15H17ClN2O3. The molecule has 0 spiro atoms. The molecule has 0 saturated heterocycles. The number of carbonyl (C=O) groups is 2. The Morgan fingerprint density at radius 1 is 1.33 bits per heavy atom. The molecule has 2 rings (SSSR count). The summed E-state index contributed by atoms with van der Waals surface area (Å²) in [4.78, 5) is 28.6. The van der Waals surface area contributed by atoms with E-state index in [1.54, 1.807) is 31.2 Å². The molecule has 1 aliphatic rings. The molecule has 21 heavy (non-hydrogen) atoms. The number of nitrogens with zero attached hydrogens (tertiary/aromatic N) is 1. The maximum atomic E-state index is 12.2. The van der Waals surface area contributed by atoms with E-state index in [4.69, 9.17) is 16.3 Å². The molecule has 1 heterocycles. The molecule has 1 aromatic carbocycles. The molecule has 0 bridgehead atoms. The second kappa shape index (κ2) is 6.72. The van der Waals surface area contributed by atoms with Crippen LogP contribution in [0.25, 0.3) is 0 Å². The molecule has 0 aromatic heterocycles. The van der Waals surface area contributed by atoms with Crippen molar-refractivity contribution >= 4 is 29.3 Å². The van der Waals surface area contributed by atoms with E-state index in [0.29, 0.717) is 17.3 Å². The fraction of sp³-hybridized carbons (Fsp3) is 0.400. The van der Waals surface area contributed by atoms with Crippen molar-refractivity contribution in [3.63, 3.8) is 0 Å². The van der Waals surface area contributed by atoms with Gasteiger partial charge in [0, 0.05) is 10.6 Å². The lowest BCUT2D eigenvalue weighted by atomic mass is 9.94. The maximum Gasteiger partial charge on any atom is 0.320 e. The Kier molecular flexibility index (Phi) is 4.96. The molecule has 2 atom stereocenters. The summed E-state index contributed by atoms with van der Waals surface area (Å²) < 4.78 is 4.95. The average Bonchev–Trinajstić information content (AvgIpc) is 2.47. The second-order valence-corrected chi connectivity index (χ2v) is 5.12. The normalized spacial score (nSPS) is 21.5. The summed E-state index contributed by atoms with van der Waals surface area (Å²) in [6.45, 7) is 3.84. The molecule has 112 valence electrons. The number of halogens is 1. The Morgan fingerprint density at radius 3 is 2.57 bits per heavy atom. The van der Waals surface area contributed by atoms with Crippen LogP contribution in [0.15, 0.2) is 29.3 Å². The summed E-state index contributed by atoms with van der Waals surface area (Å²) in [5.41, 5.74) is 0.758. The van der Waals surface area contributed by atoms with Crippen LogP contribution >= 0.6 is 11.6 Å². The topological polar surface area (TPSA) is 67.8 Å². The summed E-state index contributed by atoms with van der Waals surface area (Å²) in [5.74, 6) is -1.32. The Balaban J connectivity index is 2.29. The van der Waals surface area contributed by atoms with Gasteiger partial charge >= 0.3 is 5.97 Å². The third kappa shape index (κ3) is 3.42. The lowest BCUT2D eigenvalue weighted by molar-refractivity contribution is -0.153. The minimum absolute atomic E-state index is 0.243. The fourth-order valence-electron chi connectivity index (χ4n) is 2.22. The molecule has 1 aliphatic heterocycles. The molecule has 0 saturated carbocycles. The number of amidine groups is 1. The van der Waals surface area contributed by atoms with Crippen molar-refractivity contribution in [2.75, 3.05) is 6.61 Å². The highest BCUT2D eigenvalue weighted by molar-refractivity contribution is 6.30. The number of aliphatic imine (C=N–C) groups is 1. The molecule has 0 radical (unpaired) electrons. The molecule has 2 unspecified atom stereocenters. The predicted octanol–water partition coefficient (Wildman–Crippen LogP) is 2.17. The minimum atomic E-state index is -0.883. The first-order valence-electron chi connectivity index (χ1n) is 6.88. The van der Waals surface area contributed by atoms with E-state index >= 15 is 0 Å². The van der Waals surface area contributed by atoms with Gasteiger partial charge in [-0.25, -0.2) is 0 Å². The van der Waals surface area contributed by atoms with Crippen molar-refractivity contribution in [2.45, 2.75) is 26.3 Å². The van der Waals surface area contributed by atoms with Gasteiger partial charge < -0.3 is 10.1 Å². The Bertz CT molecular complexity index is 569. The molecule has 0 aliphatic carbocycles. The van der Waals surface area contributed by atoms with Crippen molar-refractivity contribution in [3.05, 3.63) is 34.9 Å². The molecule has 6 heteroatoms. The van der Waals surface area contributed by atoms with Crippen LogP contribution in [0, 0.1) is 5.92 Å². The molecule has 5 nitrogen and oxygen atoms in total. The molecule has 1 aromatic rings. The van der Waals surface area contributed by atoms with Gasteiger partial charge in [0.25, 0.3) is 0 Å². The van der Waals surface area contributed by atoms with Crippen molar-refractivity contribution in [2.24, 2.45) is 10.9 Å². The van der Waals surface area contributed by atoms with Crippen LogP contribution in [0.4, 0.5) is 0 Å². The van der Waals surface area contributed by atoms with Gasteiger partial charge in [0.15, 0.2) is 5.92 Å². The summed E-state index contributed by atoms with van der Waals surface area (Å²) in [5, 5.41) is 3.28. The zero-order chi connectivity index (χ0) is 15.4. The van der Waals surface area contributed by atoms with Crippen LogP contribution in [0.5, 0.6) is 0 Å². The quantitative estimate of drug-likeness (QED) is 0.684. The number of hydrogen-bond donors (Lipinski definition) is 1. The third-order valence-corrected chi connectivity index (χ3v) is 3.53. The van der Waals surface area contributed by atoms with Crippen molar-refractivity contribution < 1.29 is 14.3 Å². The van der Waals surface area contributed by atoms with E-state index in [2.05, 4.69) is 10.3 Å². The SMILES string of the molecule is CCOC(=O)C1C(=O)NC(c2ccc(Cl)cc2)=NC1CC. The van der Waals surface area contributed by atoms with Crippen LogP contribution in [0.3, 0.4) is 0 Å². The molecule has 1 amide bonds. The van der Waals surface area contributed by atoms with Gasteiger partial charge in [-0.3, -0.25) is 14.6 Å². The zero-order valence-electron chi connectivity index (χ0n) is 11.9. The fourth-order valence-corrected chi connectivity index (χ4v) is 2.35. The lowest BCUT2D eigenvalue weighted by Gasteiger charge is -2.27. The highest BCUT2D eigenvalue weighted by Gasteiger charge is 2.39. The monoisotopic (exact) mass is 308 g/mol. The zero-order valence-corrected chi connectivity index (χ0v) is 12.7. The van der Waals surface area contributed by atoms with Gasteiger partial charge in [0.2, 0.25) is 5.91 Å². The first-order chi connectivity index (χ1) is 10.1. The standard InChI is InChI=1S/C15H17ClN2O3/c1-3-11-12(15(20)21-4-2)14(19)18-13(17-11)9-5-7-10(16)8-6-9/h5-8,11-12H,3-4H2,1-2H3,(H,17,18,19). The van der Waals surface area contributed by atoms with Gasteiger partial charge in [-0.15, -0.1) is 0 Å². The Morgan fingerprint density at radius 2 is 2.00 bits per heavy atom. The van der Waals surface area contributed by atoms with Gasteiger partial charge in [-0.1, -0.05) is 18.5 Å². The first-order valence-corrected chi connectivity index (χ1v) is 7.25. The van der Waals surface area contributed by atoms with Gasteiger partial charge in [-0.2, -0.15) is 0 Å². The Labute approximate surface area is 128 Å². The van der Waals surface area contributed by atoms with E-state index in [9.17, 15) is 9.59 Å². The van der Waals surface area contributed by atoms with Crippen molar-refractivity contribution in [1.29, 1.82) is 0 Å². The van der Waals surface area contributed by atoms with E-state index in [1.165, 1.54) is 0 Å². The van der Waals surface area contributed by atoms with Crippen molar-refractivity contribution in [1.82, 2.24) is 5.32 Å². The Hall–Kier alpha value is -1.88. The maximum absolute atomic E-state index is 12.2. The number of esters is 1. The van der Waals surface area contributed by atoms with E-state index < -0.39 is 17.9 Å². The number of carbonyl (C=O) groups excluding carboxylic acids is 2. The smallest absolute Gasteiger partial charge is 0.320 e. The summed E-state index contributed by atoms with van der Waals surface area (Å²) in [6.07, 6.45) is 0.577. The number of rotatable bonds is 4. The van der Waals surface area contributed by atoms with Gasteiger partial charge in [-0.05, 0) is 37.6 Å². The molecule has 0 fully saturated rings. The number of hydrogen-bond acceptors (Lipinski definition) is 4. The van der Waals surface area contributed by atoms with Crippen LogP contribution in [0.1, 0.15) is 25.8 Å². The third-order valence-electron chi connectivity index (χ3n) is 3.28. The number of ether oxygens (including phenoxy) is 1. The lowest BCUT2D eigenvalue weighted by Crippen LogP contribution is -2.49. The number of amides is 1. The average molecular weight is 309 g/mol. The highest BCUT2D eigenvalue weighted by Crippen LogP contribution is 2.20. The largest absolute Gasteiger partial charge is 0.465 e. The molecule has 1 N–H and O–H groups in total. The van der Waals surface area contributed by atoms with Crippen LogP contribution < -0.4 is 5.32 Å². The van der Waals surface area contributed by atoms with E-state index in [0.717, 1.165) is 5.56 Å². The van der Waals surface area contributed by atoms with Gasteiger partial charge in [0.1, 0.15) is 5.84 Å². The summed E-state index contributed by atoms with van der Waals surface area (Å²) in [7, 11) is 0. The summed E-state index contributed by atoms with van der Waals surface area (Å²) >= 11 is 5.85. The van der Waals surface area contributed by atoms with Crippen LogP contribution in [-0.4, -0.2) is 30.4 Å². The highest BCUT2D eigenvalue weighted by atomic mass is 35.5. The van der Waals surface area contributed by atoms with Crippen LogP contribution in [-0.2, 0) is 14.3 Å². The second-order valence-electron chi connectivity index (χ2n) is 4.68. The van der Waals surface area contributed by atoms with Crippen molar-refractivity contribution in [3.8, 4) is 0 Å². The van der Waals surface area contributed by atoms with E-state index in [1.807, 2.05) is 6.92 Å². The van der Waals surface area contributed by atoms with Gasteiger partial charge in [0.05, 0.1) is 12.6 Å². The summed E-state index contributed by atoms with van der Waals surface area (Å²) in [6, 6.07) is 6.59. The van der Waals surface area contributed by atoms with Crippen LogP contribution in [0.2, 0.25) is 5.02 Å². The minimum Gasteiger partial charge on any atom is -0.465 e. The molecular weight excluding hydrogens is 292 g/mol.